The zero-order valence-corrected chi connectivity index (χ0v) is 17.9. The first-order valence-electron chi connectivity index (χ1n) is 11.3. The minimum absolute atomic E-state index is 0.108. The van der Waals surface area contributed by atoms with Gasteiger partial charge < -0.3 is 19.6 Å². The summed E-state index contributed by atoms with van der Waals surface area (Å²) in [5.41, 5.74) is 3.80. The van der Waals surface area contributed by atoms with Crippen LogP contribution in [0.5, 0.6) is 11.6 Å². The molecule has 2 aliphatic rings. The molecule has 0 radical (unpaired) electrons. The van der Waals surface area contributed by atoms with E-state index in [4.69, 9.17) is 4.74 Å². The van der Waals surface area contributed by atoms with Crippen molar-refractivity contribution < 1.29 is 14.2 Å². The van der Waals surface area contributed by atoms with Crippen molar-refractivity contribution in [2.75, 3.05) is 0 Å². The molecule has 5 heterocycles. The number of pyridine rings is 1. The smallest absolute Gasteiger partial charge is 0.233 e. The van der Waals surface area contributed by atoms with Crippen LogP contribution in [0.25, 0.3) is 28.0 Å². The largest absolute Gasteiger partial charge is 0.507 e. The van der Waals surface area contributed by atoms with Crippen LogP contribution >= 0.6 is 0 Å². The first-order valence-corrected chi connectivity index (χ1v) is 11.3. The summed E-state index contributed by atoms with van der Waals surface area (Å²) in [5.74, 6) is 0.410. The number of rotatable bonds is 4. The highest BCUT2D eigenvalue weighted by atomic mass is 19.1. The van der Waals surface area contributed by atoms with Crippen molar-refractivity contribution in [1.82, 2.24) is 24.9 Å². The second-order valence-corrected chi connectivity index (χ2v) is 8.84. The lowest BCUT2D eigenvalue weighted by molar-refractivity contribution is 0.00652. The maximum atomic E-state index is 14.8. The van der Waals surface area contributed by atoms with Crippen molar-refractivity contribution in [2.24, 2.45) is 0 Å². The highest BCUT2D eigenvalue weighted by Gasteiger charge is 2.41. The molecule has 0 saturated carbocycles. The van der Waals surface area contributed by atoms with E-state index in [0.717, 1.165) is 36.0 Å². The fraction of sp³-hybridized carbons (Fsp3) is 0.320. The molecule has 2 fully saturated rings. The van der Waals surface area contributed by atoms with Crippen LogP contribution in [0.1, 0.15) is 25.7 Å². The highest BCUT2D eigenvalue weighted by Crippen LogP contribution is 2.34. The molecule has 0 amide bonds. The predicted octanol–water partition coefficient (Wildman–Crippen LogP) is 4.16. The first-order chi connectivity index (χ1) is 16.1. The number of hydrogen-bond acceptors (Lipinski definition) is 6. The molecule has 7 nitrogen and oxygen atoms in total. The number of phenols is 1. The standard InChI is InChI=1S/C25H24FN5O2/c26-25-20-3-1-2-17(28-20)13-22(25)33-24-9-7-19(29-30-24)18-6-4-15(12-21(18)32)16-5-8-23-27-10-11-31(23)14-16/h4-12,14,17,20,22,25,28,32H,1-3,13H2/t17?,20?,22-,25+/m0/s1. The zero-order valence-electron chi connectivity index (χ0n) is 17.9. The number of phenolic OH excluding ortho intramolecular Hbond substituents is 1. The lowest BCUT2D eigenvalue weighted by atomic mass is 9.84. The van der Waals surface area contributed by atoms with Gasteiger partial charge in [0.15, 0.2) is 6.17 Å². The van der Waals surface area contributed by atoms with Crippen LogP contribution in [-0.4, -0.2) is 49.0 Å². The Kier molecular flexibility index (Phi) is 4.95. The number of alkyl halides is 1. The topological polar surface area (TPSA) is 84.6 Å². The Morgan fingerprint density at radius 3 is 2.82 bits per heavy atom. The third-order valence-corrected chi connectivity index (χ3v) is 6.68. The molecule has 8 heteroatoms. The molecule has 6 rings (SSSR count). The molecule has 0 aliphatic carbocycles. The molecule has 1 aromatic carbocycles. The van der Waals surface area contributed by atoms with Crippen LogP contribution in [0, 0.1) is 0 Å². The lowest BCUT2D eigenvalue weighted by Crippen LogP contribution is -2.59. The minimum atomic E-state index is -1.05. The van der Waals surface area contributed by atoms with Gasteiger partial charge in [-0.15, -0.1) is 10.2 Å². The van der Waals surface area contributed by atoms with E-state index in [1.807, 2.05) is 41.1 Å². The van der Waals surface area contributed by atoms with Crippen LogP contribution < -0.4 is 10.1 Å². The normalized spacial score (nSPS) is 24.6. The van der Waals surface area contributed by atoms with Gasteiger partial charge in [0, 0.05) is 48.7 Å². The van der Waals surface area contributed by atoms with Gasteiger partial charge >= 0.3 is 0 Å². The summed E-state index contributed by atoms with van der Waals surface area (Å²) in [5, 5.41) is 22.4. The number of nitrogens with zero attached hydrogens (tertiary/aromatic N) is 4. The van der Waals surface area contributed by atoms with E-state index in [-0.39, 0.29) is 11.8 Å². The number of hydrogen-bond donors (Lipinski definition) is 2. The van der Waals surface area contributed by atoms with E-state index in [2.05, 4.69) is 20.5 Å². The Balaban J connectivity index is 1.20. The number of halogens is 1. The molecule has 4 aromatic rings. The quantitative estimate of drug-likeness (QED) is 0.491. The highest BCUT2D eigenvalue weighted by molar-refractivity contribution is 5.74. The minimum Gasteiger partial charge on any atom is -0.507 e. The zero-order chi connectivity index (χ0) is 22.4. The molecule has 4 atom stereocenters. The Morgan fingerprint density at radius 1 is 1.06 bits per heavy atom. The predicted molar refractivity (Wildman–Crippen MR) is 122 cm³/mol. The van der Waals surface area contributed by atoms with Gasteiger partial charge in [0.05, 0.1) is 5.69 Å². The molecular weight excluding hydrogens is 421 g/mol. The molecule has 33 heavy (non-hydrogen) atoms. The fourth-order valence-corrected chi connectivity index (χ4v) is 4.97. The summed E-state index contributed by atoms with van der Waals surface area (Å²) in [6.07, 6.45) is 7.62. The maximum absolute atomic E-state index is 14.8. The molecule has 2 N–H and O–H groups in total. The molecule has 168 valence electrons. The summed E-state index contributed by atoms with van der Waals surface area (Å²) >= 11 is 0. The molecular formula is C25H24FN5O2. The van der Waals surface area contributed by atoms with Crippen molar-refractivity contribution in [3.63, 3.8) is 0 Å². The number of nitrogens with one attached hydrogen (secondary N) is 1. The van der Waals surface area contributed by atoms with E-state index in [1.165, 1.54) is 0 Å². The van der Waals surface area contributed by atoms with Crippen molar-refractivity contribution in [2.45, 2.75) is 50.0 Å². The summed E-state index contributed by atoms with van der Waals surface area (Å²) in [7, 11) is 0. The maximum Gasteiger partial charge on any atom is 0.233 e. The fourth-order valence-electron chi connectivity index (χ4n) is 4.97. The van der Waals surface area contributed by atoms with Gasteiger partial charge in [-0.1, -0.05) is 12.5 Å². The average molecular weight is 445 g/mol. The first kappa shape index (κ1) is 20.1. The number of imidazole rings is 1. The van der Waals surface area contributed by atoms with Gasteiger partial charge in [0.2, 0.25) is 5.88 Å². The number of aromatic nitrogens is 4. The van der Waals surface area contributed by atoms with Crippen LogP contribution in [-0.2, 0) is 0 Å². The van der Waals surface area contributed by atoms with Crippen LogP contribution in [0.4, 0.5) is 4.39 Å². The second-order valence-electron chi connectivity index (χ2n) is 8.84. The molecule has 2 bridgehead atoms. The van der Waals surface area contributed by atoms with Crippen molar-refractivity contribution in [3.05, 3.63) is 61.1 Å². The van der Waals surface area contributed by atoms with Crippen LogP contribution in [0.2, 0.25) is 0 Å². The monoisotopic (exact) mass is 445 g/mol. The lowest BCUT2D eigenvalue weighted by Gasteiger charge is -2.42. The van der Waals surface area contributed by atoms with Gasteiger partial charge in [-0.05, 0) is 54.3 Å². The van der Waals surface area contributed by atoms with Gasteiger partial charge in [0.1, 0.15) is 17.5 Å². The SMILES string of the molecule is Oc1cc(-c2ccc3nccn3c2)ccc1-c1ccc(O[C@H]2CC3CCCC(N3)[C@H]2F)nn1. The molecule has 2 saturated heterocycles. The summed E-state index contributed by atoms with van der Waals surface area (Å²) in [4.78, 5) is 4.25. The number of piperidine rings is 2. The summed E-state index contributed by atoms with van der Waals surface area (Å²) in [6.45, 7) is 0. The Bertz CT molecular complexity index is 1290. The number of benzene rings is 1. The van der Waals surface area contributed by atoms with Gasteiger partial charge in [-0.3, -0.25) is 0 Å². The number of ether oxygens (including phenoxy) is 1. The average Bonchev–Trinajstić information content (AvgIpc) is 3.31. The van der Waals surface area contributed by atoms with E-state index < -0.39 is 12.3 Å². The third kappa shape index (κ3) is 3.80. The molecule has 2 aliphatic heterocycles. The van der Waals surface area contributed by atoms with Crippen LogP contribution in [0.15, 0.2) is 61.1 Å². The molecule has 2 unspecified atom stereocenters. The van der Waals surface area contributed by atoms with Crippen molar-refractivity contribution in [1.29, 1.82) is 0 Å². The van der Waals surface area contributed by atoms with Gasteiger partial charge in [-0.25, -0.2) is 9.37 Å². The summed E-state index contributed by atoms with van der Waals surface area (Å²) in [6, 6.07) is 13.0. The number of fused-ring (bicyclic) bond motifs is 3. The second kappa shape index (κ2) is 8.12. The van der Waals surface area contributed by atoms with Gasteiger partial charge in [-0.2, -0.15) is 0 Å². The Hall–Kier alpha value is -3.52. The summed E-state index contributed by atoms with van der Waals surface area (Å²) < 4.78 is 22.6. The Labute approximate surface area is 190 Å². The van der Waals surface area contributed by atoms with E-state index in [9.17, 15) is 9.50 Å². The third-order valence-electron chi connectivity index (χ3n) is 6.68. The van der Waals surface area contributed by atoms with Gasteiger partial charge in [0.25, 0.3) is 0 Å². The van der Waals surface area contributed by atoms with E-state index in [1.54, 1.807) is 24.4 Å². The van der Waals surface area contributed by atoms with Crippen molar-refractivity contribution in [3.8, 4) is 34.0 Å². The number of aromatic hydroxyl groups is 1. The molecule has 3 aromatic heterocycles. The Morgan fingerprint density at radius 2 is 1.97 bits per heavy atom. The van der Waals surface area contributed by atoms with Crippen LogP contribution in [0.3, 0.4) is 0 Å². The molecule has 0 spiro atoms. The van der Waals surface area contributed by atoms with Crippen molar-refractivity contribution >= 4 is 5.65 Å². The van der Waals surface area contributed by atoms with E-state index >= 15 is 0 Å². The van der Waals surface area contributed by atoms with E-state index in [0.29, 0.717) is 29.6 Å².